The van der Waals surface area contributed by atoms with Crippen LogP contribution < -0.4 is 0 Å². The molecule has 0 heterocycles. The molecule has 1 N–H and O–H groups in total. The average Bonchev–Trinajstić information content (AvgIpc) is 2.78. The monoisotopic (exact) mass is 438 g/mol. The van der Waals surface area contributed by atoms with Crippen molar-refractivity contribution in [2.45, 2.75) is 69.6 Å². The van der Waals surface area contributed by atoms with Gasteiger partial charge >= 0.3 is 5.97 Å². The summed E-state index contributed by atoms with van der Waals surface area (Å²) in [5.74, 6) is -0.650. The molecule has 2 unspecified atom stereocenters. The lowest BCUT2D eigenvalue weighted by Gasteiger charge is -2.29. The van der Waals surface area contributed by atoms with Crippen molar-refractivity contribution in [3.63, 3.8) is 0 Å². The Hall–Kier alpha value is -2.95. The van der Waals surface area contributed by atoms with E-state index < -0.39 is 11.4 Å². The van der Waals surface area contributed by atoms with Gasteiger partial charge in [-0.3, -0.25) is 14.4 Å². The average molecular weight is 439 g/mol. The molecule has 2 atom stereocenters. The first kappa shape index (κ1) is 25.3. The zero-order valence-electron chi connectivity index (χ0n) is 19.1. The second kappa shape index (κ2) is 12.2. The molecule has 0 spiro atoms. The maximum Gasteiger partial charge on any atom is 0.304 e. The minimum absolute atomic E-state index is 0.0391. The number of hydrogen-bond donors (Lipinski definition) is 1. The van der Waals surface area contributed by atoms with Crippen molar-refractivity contribution in [3.8, 4) is 0 Å². The topological polar surface area (TPSA) is 80.7 Å². The summed E-state index contributed by atoms with van der Waals surface area (Å²) < 4.78 is 5.07. The fraction of sp³-hybridized carbons (Fsp3) is 0.444. The maximum atomic E-state index is 12.5. The van der Waals surface area contributed by atoms with Gasteiger partial charge in [-0.2, -0.15) is 0 Å². The van der Waals surface area contributed by atoms with Crippen LogP contribution in [0.15, 0.2) is 60.7 Å². The molecular weight excluding hydrogens is 404 g/mol. The summed E-state index contributed by atoms with van der Waals surface area (Å²) in [6, 6.07) is 19.6. The normalized spacial score (nSPS) is 14.7. The molecule has 2 aromatic rings. The van der Waals surface area contributed by atoms with Gasteiger partial charge in [0, 0.05) is 23.7 Å². The minimum Gasteiger partial charge on any atom is -0.481 e. The van der Waals surface area contributed by atoms with Crippen LogP contribution in [0.4, 0.5) is 0 Å². The van der Waals surface area contributed by atoms with Crippen molar-refractivity contribution in [2.75, 3.05) is 6.61 Å². The number of aliphatic carboxylic acids is 1. The minimum atomic E-state index is -0.833. The summed E-state index contributed by atoms with van der Waals surface area (Å²) >= 11 is 0. The predicted octanol–water partition coefficient (Wildman–Crippen LogP) is 5.46. The van der Waals surface area contributed by atoms with Gasteiger partial charge in [0.15, 0.2) is 0 Å². The number of carbonyl (C=O) groups is 3. The third kappa shape index (κ3) is 7.63. The Morgan fingerprint density at radius 3 is 1.78 bits per heavy atom. The van der Waals surface area contributed by atoms with Crippen LogP contribution in [-0.2, 0) is 30.0 Å². The van der Waals surface area contributed by atoms with E-state index in [0.29, 0.717) is 38.6 Å². The second-order valence-corrected chi connectivity index (χ2v) is 9.08. The van der Waals surface area contributed by atoms with Gasteiger partial charge in [0.25, 0.3) is 6.47 Å². The second-order valence-electron chi connectivity index (χ2n) is 9.08. The van der Waals surface area contributed by atoms with E-state index in [4.69, 9.17) is 4.74 Å². The number of carboxylic acids is 1. The fourth-order valence-electron chi connectivity index (χ4n) is 4.34. The standard InChI is InChI=1S/C27H34O5/c1-26(19-25(30)31,22-11-5-3-6-12-22)17-9-15-24(29)16-10-18-27(2,20-32-21-28)23-13-7-4-8-14-23/h3-8,11-14,21H,9-10,15-20H2,1-2H3,(H,30,31). The van der Waals surface area contributed by atoms with Crippen LogP contribution in [0.1, 0.15) is 69.9 Å². The molecule has 5 nitrogen and oxygen atoms in total. The molecule has 32 heavy (non-hydrogen) atoms. The predicted molar refractivity (Wildman–Crippen MR) is 125 cm³/mol. The van der Waals surface area contributed by atoms with Gasteiger partial charge in [-0.25, -0.2) is 0 Å². The van der Waals surface area contributed by atoms with E-state index in [1.165, 1.54) is 0 Å². The highest BCUT2D eigenvalue weighted by Crippen LogP contribution is 2.34. The number of benzene rings is 2. The van der Waals surface area contributed by atoms with Crippen LogP contribution in [0.2, 0.25) is 0 Å². The highest BCUT2D eigenvalue weighted by Gasteiger charge is 2.30. The molecule has 0 aliphatic rings. The molecule has 0 amide bonds. The summed E-state index contributed by atoms with van der Waals surface area (Å²) in [7, 11) is 0. The van der Waals surface area contributed by atoms with Crippen LogP contribution in [0.3, 0.4) is 0 Å². The Balaban J connectivity index is 1.87. The van der Waals surface area contributed by atoms with Gasteiger partial charge in [-0.1, -0.05) is 74.5 Å². The van der Waals surface area contributed by atoms with Crippen LogP contribution in [-0.4, -0.2) is 29.9 Å². The molecule has 0 bridgehead atoms. The number of ketones is 1. The highest BCUT2D eigenvalue weighted by atomic mass is 16.5. The summed E-state index contributed by atoms with van der Waals surface area (Å²) in [6.07, 6.45) is 3.68. The Morgan fingerprint density at radius 1 is 0.844 bits per heavy atom. The SMILES string of the molecule is CC(CCCC(=O)CCCC(C)(CC(=O)O)c1ccccc1)(COC=O)c1ccccc1. The lowest BCUT2D eigenvalue weighted by atomic mass is 9.75. The molecule has 5 heteroatoms. The first-order chi connectivity index (χ1) is 15.3. The number of Topliss-reactive ketones (excluding diaryl/α,β-unsaturated/α-hetero) is 1. The van der Waals surface area contributed by atoms with Gasteiger partial charge in [-0.15, -0.1) is 0 Å². The smallest absolute Gasteiger partial charge is 0.304 e. The van der Waals surface area contributed by atoms with Crippen molar-refractivity contribution in [3.05, 3.63) is 71.8 Å². The quantitative estimate of drug-likeness (QED) is 0.374. The largest absolute Gasteiger partial charge is 0.481 e. The number of carbonyl (C=O) groups excluding carboxylic acids is 2. The van der Waals surface area contributed by atoms with E-state index in [0.717, 1.165) is 17.5 Å². The summed E-state index contributed by atoms with van der Waals surface area (Å²) in [4.78, 5) is 34.7. The molecule has 172 valence electrons. The fourth-order valence-corrected chi connectivity index (χ4v) is 4.34. The van der Waals surface area contributed by atoms with Crippen LogP contribution in [0.25, 0.3) is 0 Å². The maximum absolute atomic E-state index is 12.5. The number of ether oxygens (including phenoxy) is 1. The lowest BCUT2D eigenvalue weighted by Crippen LogP contribution is -2.28. The third-order valence-electron chi connectivity index (χ3n) is 6.32. The number of hydrogen-bond acceptors (Lipinski definition) is 4. The molecular formula is C27H34O5. The molecule has 0 aliphatic carbocycles. The Bertz CT molecular complexity index is 864. The molecule has 0 saturated heterocycles. The Kier molecular flexibility index (Phi) is 9.63. The molecule has 0 aliphatic heterocycles. The first-order valence-electron chi connectivity index (χ1n) is 11.2. The van der Waals surface area contributed by atoms with Crippen molar-refractivity contribution < 1.29 is 24.2 Å². The van der Waals surface area contributed by atoms with Gasteiger partial charge in [0.05, 0.1) is 6.42 Å². The third-order valence-corrected chi connectivity index (χ3v) is 6.32. The molecule has 0 radical (unpaired) electrons. The van der Waals surface area contributed by atoms with E-state index in [-0.39, 0.29) is 24.2 Å². The summed E-state index contributed by atoms with van der Waals surface area (Å²) in [6.45, 7) is 4.75. The van der Waals surface area contributed by atoms with Crippen molar-refractivity contribution in [1.29, 1.82) is 0 Å². The number of carboxylic acid groups (broad SMARTS) is 1. The zero-order chi connectivity index (χ0) is 23.5. The molecule has 0 aromatic heterocycles. The van der Waals surface area contributed by atoms with Gasteiger partial charge in [0.1, 0.15) is 12.4 Å². The molecule has 2 aromatic carbocycles. The molecule has 0 saturated carbocycles. The van der Waals surface area contributed by atoms with E-state index in [2.05, 4.69) is 0 Å². The van der Waals surface area contributed by atoms with Crippen molar-refractivity contribution >= 4 is 18.2 Å². The summed E-state index contributed by atoms with van der Waals surface area (Å²) in [5, 5.41) is 9.37. The van der Waals surface area contributed by atoms with Gasteiger partial charge in [-0.05, 0) is 36.8 Å². The van der Waals surface area contributed by atoms with Gasteiger partial charge in [0.2, 0.25) is 0 Å². The number of rotatable bonds is 15. The van der Waals surface area contributed by atoms with Crippen LogP contribution >= 0.6 is 0 Å². The van der Waals surface area contributed by atoms with Crippen LogP contribution in [0, 0.1) is 0 Å². The lowest BCUT2D eigenvalue weighted by molar-refractivity contribution is -0.138. The highest BCUT2D eigenvalue weighted by molar-refractivity contribution is 5.78. The first-order valence-corrected chi connectivity index (χ1v) is 11.2. The van der Waals surface area contributed by atoms with E-state index in [9.17, 15) is 19.5 Å². The zero-order valence-corrected chi connectivity index (χ0v) is 19.1. The van der Waals surface area contributed by atoms with E-state index >= 15 is 0 Å². The molecule has 2 rings (SSSR count). The van der Waals surface area contributed by atoms with Crippen molar-refractivity contribution in [2.24, 2.45) is 0 Å². The molecule has 0 fully saturated rings. The van der Waals surface area contributed by atoms with E-state index in [1.807, 2.05) is 74.5 Å². The Labute approximate surface area is 190 Å². The van der Waals surface area contributed by atoms with Crippen molar-refractivity contribution in [1.82, 2.24) is 0 Å². The van der Waals surface area contributed by atoms with E-state index in [1.54, 1.807) is 0 Å². The van der Waals surface area contributed by atoms with Crippen LogP contribution in [0.5, 0.6) is 0 Å². The summed E-state index contributed by atoms with van der Waals surface area (Å²) in [5.41, 5.74) is 1.24. The Morgan fingerprint density at radius 2 is 1.31 bits per heavy atom. The van der Waals surface area contributed by atoms with Gasteiger partial charge < -0.3 is 9.84 Å².